The molecule has 0 aliphatic carbocycles. The molecule has 3 nitrogen and oxygen atoms in total. The zero-order valence-corrected chi connectivity index (χ0v) is 6.99. The van der Waals surface area contributed by atoms with Crippen LogP contribution >= 0.6 is 11.6 Å². The number of hydrogen-bond donors (Lipinski definition) is 0. The topological polar surface area (TPSA) is 30.2 Å². The van der Waals surface area contributed by atoms with Crippen molar-refractivity contribution in [3.05, 3.63) is 36.0 Å². The third-order valence-electron chi connectivity index (χ3n) is 1.56. The Hall–Kier alpha value is -1.35. The van der Waals surface area contributed by atoms with Gasteiger partial charge in [-0.2, -0.15) is 0 Å². The van der Waals surface area contributed by atoms with E-state index in [-0.39, 0.29) is 0 Å². The van der Waals surface area contributed by atoms with Gasteiger partial charge in [-0.1, -0.05) is 18.2 Å². The van der Waals surface area contributed by atoms with Crippen molar-refractivity contribution >= 4 is 23.3 Å². The predicted molar refractivity (Wildman–Crippen MR) is 48.1 cm³/mol. The van der Waals surface area contributed by atoms with Crippen molar-refractivity contribution in [3.63, 3.8) is 0 Å². The highest BCUT2D eigenvalue weighted by molar-refractivity contribution is 6.29. The maximum absolute atomic E-state index is 5.75. The lowest BCUT2D eigenvalue weighted by atomic mass is 10.4. The SMILES string of the molecule is C=Cc1nc(Cl)cn2ccnc12. The average Bonchev–Trinajstić information content (AvgIpc) is 2.50. The van der Waals surface area contributed by atoms with Crippen molar-refractivity contribution in [2.24, 2.45) is 0 Å². The number of rotatable bonds is 1. The Balaban J connectivity index is 2.88. The summed E-state index contributed by atoms with van der Waals surface area (Å²) in [5, 5.41) is 0.440. The molecular weight excluding hydrogens is 174 g/mol. The van der Waals surface area contributed by atoms with Gasteiger partial charge >= 0.3 is 0 Å². The molecule has 2 aromatic rings. The van der Waals surface area contributed by atoms with Crippen molar-refractivity contribution in [2.75, 3.05) is 0 Å². The summed E-state index contributed by atoms with van der Waals surface area (Å²) >= 11 is 5.75. The van der Waals surface area contributed by atoms with E-state index in [0.29, 0.717) is 10.8 Å². The minimum Gasteiger partial charge on any atom is -0.302 e. The van der Waals surface area contributed by atoms with Crippen LogP contribution in [-0.4, -0.2) is 14.4 Å². The van der Waals surface area contributed by atoms with Gasteiger partial charge < -0.3 is 4.40 Å². The number of imidazole rings is 1. The molecule has 4 heteroatoms. The van der Waals surface area contributed by atoms with Crippen LogP contribution in [0.25, 0.3) is 11.7 Å². The van der Waals surface area contributed by atoms with E-state index < -0.39 is 0 Å². The highest BCUT2D eigenvalue weighted by atomic mass is 35.5. The Labute approximate surface area is 74.3 Å². The van der Waals surface area contributed by atoms with Crippen LogP contribution in [0.5, 0.6) is 0 Å². The molecule has 0 N–H and O–H groups in total. The summed E-state index contributed by atoms with van der Waals surface area (Å²) in [6.45, 7) is 3.63. The van der Waals surface area contributed by atoms with Crippen LogP contribution in [0.15, 0.2) is 25.2 Å². The molecule has 2 heterocycles. The minimum absolute atomic E-state index is 0.440. The van der Waals surface area contributed by atoms with Crippen LogP contribution in [0.4, 0.5) is 0 Å². The van der Waals surface area contributed by atoms with E-state index in [0.717, 1.165) is 5.65 Å². The van der Waals surface area contributed by atoms with Crippen molar-refractivity contribution in [3.8, 4) is 0 Å². The molecule has 12 heavy (non-hydrogen) atoms. The molecule has 0 aliphatic rings. The number of halogens is 1. The largest absolute Gasteiger partial charge is 0.302 e. The molecule has 0 radical (unpaired) electrons. The van der Waals surface area contributed by atoms with Gasteiger partial charge in [-0.25, -0.2) is 9.97 Å². The fourth-order valence-electron chi connectivity index (χ4n) is 1.06. The Bertz CT molecular complexity index is 433. The Kier molecular flexibility index (Phi) is 1.59. The summed E-state index contributed by atoms with van der Waals surface area (Å²) in [7, 11) is 0. The molecule has 2 rings (SSSR count). The van der Waals surface area contributed by atoms with Gasteiger partial charge in [0.1, 0.15) is 10.8 Å². The second-order valence-electron chi connectivity index (χ2n) is 2.31. The lowest BCUT2D eigenvalue weighted by Gasteiger charge is -1.97. The fraction of sp³-hybridized carbons (Fsp3) is 0. The Morgan fingerprint density at radius 3 is 3.17 bits per heavy atom. The number of nitrogens with zero attached hydrogens (tertiary/aromatic N) is 3. The van der Waals surface area contributed by atoms with E-state index in [2.05, 4.69) is 16.5 Å². The van der Waals surface area contributed by atoms with Crippen LogP contribution in [0.3, 0.4) is 0 Å². The molecule has 60 valence electrons. The normalized spacial score (nSPS) is 10.4. The highest BCUT2D eigenvalue weighted by Gasteiger charge is 2.01. The van der Waals surface area contributed by atoms with E-state index in [1.165, 1.54) is 0 Å². The number of hydrogen-bond acceptors (Lipinski definition) is 2. The summed E-state index contributed by atoms with van der Waals surface area (Å²) in [5.74, 6) is 0. The molecule has 0 aromatic carbocycles. The van der Waals surface area contributed by atoms with Gasteiger partial charge in [0, 0.05) is 18.6 Å². The van der Waals surface area contributed by atoms with E-state index in [9.17, 15) is 0 Å². The standard InChI is InChI=1S/C8H6ClN3/c1-2-6-8-10-3-4-12(8)5-7(9)11-6/h2-5H,1H2. The van der Waals surface area contributed by atoms with E-state index in [4.69, 9.17) is 11.6 Å². The van der Waals surface area contributed by atoms with Gasteiger partial charge in [0.25, 0.3) is 0 Å². The van der Waals surface area contributed by atoms with E-state index >= 15 is 0 Å². The molecule has 0 bridgehead atoms. The first kappa shape index (κ1) is 7.31. The Morgan fingerprint density at radius 1 is 1.58 bits per heavy atom. The molecule has 2 aromatic heterocycles. The quantitative estimate of drug-likeness (QED) is 0.671. The summed E-state index contributed by atoms with van der Waals surface area (Å²) < 4.78 is 1.81. The van der Waals surface area contributed by atoms with Crippen molar-refractivity contribution in [2.45, 2.75) is 0 Å². The summed E-state index contributed by atoms with van der Waals surface area (Å²) in [4.78, 5) is 8.16. The maximum Gasteiger partial charge on any atom is 0.162 e. The summed E-state index contributed by atoms with van der Waals surface area (Å²) in [5.41, 5.74) is 1.47. The first-order valence-corrected chi connectivity index (χ1v) is 3.80. The van der Waals surface area contributed by atoms with E-state index in [1.54, 1.807) is 18.5 Å². The van der Waals surface area contributed by atoms with Gasteiger partial charge in [0.15, 0.2) is 5.65 Å². The van der Waals surface area contributed by atoms with Crippen molar-refractivity contribution in [1.29, 1.82) is 0 Å². The van der Waals surface area contributed by atoms with Crippen molar-refractivity contribution < 1.29 is 0 Å². The van der Waals surface area contributed by atoms with Gasteiger partial charge in [-0.05, 0) is 6.08 Å². The molecule has 0 saturated heterocycles. The van der Waals surface area contributed by atoms with Gasteiger partial charge in [-0.15, -0.1) is 0 Å². The third kappa shape index (κ3) is 0.987. The molecule has 0 unspecified atom stereocenters. The molecule has 0 amide bonds. The zero-order valence-electron chi connectivity index (χ0n) is 6.24. The summed E-state index contributed by atoms with van der Waals surface area (Å²) in [6.07, 6.45) is 6.85. The van der Waals surface area contributed by atoms with Crippen LogP contribution in [-0.2, 0) is 0 Å². The molecule has 0 atom stereocenters. The Morgan fingerprint density at radius 2 is 2.42 bits per heavy atom. The van der Waals surface area contributed by atoms with Crippen LogP contribution in [0, 0.1) is 0 Å². The van der Waals surface area contributed by atoms with Gasteiger partial charge in [0.05, 0.1) is 0 Å². The van der Waals surface area contributed by atoms with Crippen LogP contribution in [0.2, 0.25) is 5.15 Å². The first-order valence-electron chi connectivity index (χ1n) is 3.43. The van der Waals surface area contributed by atoms with E-state index in [1.807, 2.05) is 10.6 Å². The number of fused-ring (bicyclic) bond motifs is 1. The second-order valence-corrected chi connectivity index (χ2v) is 2.70. The first-order chi connectivity index (χ1) is 5.81. The monoisotopic (exact) mass is 179 g/mol. The highest BCUT2D eigenvalue weighted by Crippen LogP contribution is 2.12. The minimum atomic E-state index is 0.440. The molecule has 0 saturated carbocycles. The van der Waals surface area contributed by atoms with Crippen molar-refractivity contribution in [1.82, 2.24) is 14.4 Å². The van der Waals surface area contributed by atoms with Gasteiger partial charge in [-0.3, -0.25) is 0 Å². The van der Waals surface area contributed by atoms with Crippen LogP contribution in [0.1, 0.15) is 5.69 Å². The molecular formula is C8H6ClN3. The molecule has 0 spiro atoms. The molecule has 0 fully saturated rings. The van der Waals surface area contributed by atoms with Crippen LogP contribution < -0.4 is 0 Å². The lowest BCUT2D eigenvalue weighted by Crippen LogP contribution is -1.91. The second kappa shape index (κ2) is 2.60. The molecule has 0 aliphatic heterocycles. The summed E-state index contributed by atoms with van der Waals surface area (Å²) in [6, 6.07) is 0. The smallest absolute Gasteiger partial charge is 0.162 e. The fourth-order valence-corrected chi connectivity index (χ4v) is 1.26. The lowest BCUT2D eigenvalue weighted by molar-refractivity contribution is 1.12. The van der Waals surface area contributed by atoms with Gasteiger partial charge in [0.2, 0.25) is 0 Å². The average molecular weight is 180 g/mol. The maximum atomic E-state index is 5.75. The predicted octanol–water partition coefficient (Wildman–Crippen LogP) is 2.03. The number of aromatic nitrogens is 3. The third-order valence-corrected chi connectivity index (χ3v) is 1.75. The zero-order chi connectivity index (χ0) is 8.55.